The van der Waals surface area contributed by atoms with Crippen LogP contribution in [0.2, 0.25) is 0 Å². The first-order valence-corrected chi connectivity index (χ1v) is 5.92. The van der Waals surface area contributed by atoms with Crippen molar-refractivity contribution >= 4 is 15.9 Å². The van der Waals surface area contributed by atoms with Gasteiger partial charge in [-0.05, 0) is 47.5 Å². The Morgan fingerprint density at radius 2 is 2.20 bits per heavy atom. The molecule has 1 aliphatic rings. The zero-order chi connectivity index (χ0) is 11.1. The van der Waals surface area contributed by atoms with Gasteiger partial charge in [0.25, 0.3) is 0 Å². The maximum Gasteiger partial charge on any atom is 0.133 e. The fraction of sp³-hybridized carbons (Fsp3) is 0.500. The first kappa shape index (κ1) is 11.0. The minimum Gasteiger partial charge on any atom is -0.496 e. The predicted molar refractivity (Wildman–Crippen MR) is 65.5 cm³/mol. The summed E-state index contributed by atoms with van der Waals surface area (Å²) in [6.45, 7) is 5.53. The molecule has 0 saturated carbocycles. The summed E-state index contributed by atoms with van der Waals surface area (Å²) in [6.07, 6.45) is 0. The molecular weight excluding hydrogens is 254 g/mol. The van der Waals surface area contributed by atoms with Gasteiger partial charge in [0.05, 0.1) is 11.6 Å². The van der Waals surface area contributed by atoms with Gasteiger partial charge >= 0.3 is 0 Å². The molecule has 0 aromatic heterocycles. The molecule has 1 unspecified atom stereocenters. The Bertz CT molecular complexity index is 376. The van der Waals surface area contributed by atoms with Crippen molar-refractivity contribution in [3.63, 3.8) is 0 Å². The summed E-state index contributed by atoms with van der Waals surface area (Å²) in [4.78, 5) is 0. The second-order valence-corrected chi connectivity index (χ2v) is 5.40. The number of halogens is 1. The van der Waals surface area contributed by atoms with Crippen molar-refractivity contribution in [2.45, 2.75) is 25.3 Å². The molecule has 2 rings (SSSR count). The molecule has 0 spiro atoms. The van der Waals surface area contributed by atoms with Gasteiger partial charge < -0.3 is 10.1 Å². The van der Waals surface area contributed by atoms with Crippen molar-refractivity contribution in [3.05, 3.63) is 28.2 Å². The highest BCUT2D eigenvalue weighted by Crippen LogP contribution is 2.37. The van der Waals surface area contributed by atoms with Crippen LogP contribution in [0.25, 0.3) is 0 Å². The van der Waals surface area contributed by atoms with Gasteiger partial charge in [0.1, 0.15) is 5.75 Å². The Morgan fingerprint density at radius 1 is 1.47 bits per heavy atom. The Kier molecular flexibility index (Phi) is 2.77. The highest BCUT2D eigenvalue weighted by atomic mass is 79.9. The molecule has 15 heavy (non-hydrogen) atoms. The van der Waals surface area contributed by atoms with Crippen molar-refractivity contribution in [2.75, 3.05) is 13.7 Å². The maximum atomic E-state index is 5.22. The molecule has 3 heteroatoms. The average Bonchev–Trinajstić information content (AvgIpc) is 2.17. The Hall–Kier alpha value is -0.540. The van der Waals surface area contributed by atoms with E-state index in [0.29, 0.717) is 5.92 Å². The van der Waals surface area contributed by atoms with Crippen LogP contribution in [0.3, 0.4) is 0 Å². The van der Waals surface area contributed by atoms with Gasteiger partial charge in [0.15, 0.2) is 0 Å². The van der Waals surface area contributed by atoms with Crippen molar-refractivity contribution in [3.8, 4) is 5.75 Å². The molecule has 1 heterocycles. The first-order valence-electron chi connectivity index (χ1n) is 5.13. The highest BCUT2D eigenvalue weighted by molar-refractivity contribution is 9.10. The highest BCUT2D eigenvalue weighted by Gasteiger charge is 2.38. The minimum atomic E-state index is 0.216. The van der Waals surface area contributed by atoms with Crippen LogP contribution in [0.15, 0.2) is 22.7 Å². The number of nitrogens with one attached hydrogen (secondary N) is 1. The Balaban J connectivity index is 2.27. The third-order valence-electron chi connectivity index (χ3n) is 3.21. The maximum absolute atomic E-state index is 5.22. The molecule has 0 amide bonds. The second-order valence-electron chi connectivity index (χ2n) is 4.55. The lowest BCUT2D eigenvalue weighted by atomic mass is 9.75. The summed E-state index contributed by atoms with van der Waals surface area (Å²) in [5.74, 6) is 1.49. The number of rotatable bonds is 2. The lowest BCUT2D eigenvalue weighted by Crippen LogP contribution is -2.59. The molecule has 1 aromatic carbocycles. The normalized spacial score (nSPS) is 23.3. The van der Waals surface area contributed by atoms with Crippen LogP contribution in [0.1, 0.15) is 25.3 Å². The number of ether oxygens (including phenoxy) is 1. The van der Waals surface area contributed by atoms with Gasteiger partial charge in [0, 0.05) is 18.0 Å². The fourth-order valence-electron chi connectivity index (χ4n) is 2.05. The summed E-state index contributed by atoms with van der Waals surface area (Å²) in [7, 11) is 1.69. The SMILES string of the molecule is COc1ccc(C2CNC2(C)C)cc1Br. The van der Waals surface area contributed by atoms with Crippen molar-refractivity contribution in [2.24, 2.45) is 0 Å². The van der Waals surface area contributed by atoms with Crippen LogP contribution in [-0.4, -0.2) is 19.2 Å². The molecular formula is C12H16BrNO. The van der Waals surface area contributed by atoms with Crippen molar-refractivity contribution < 1.29 is 4.74 Å². The van der Waals surface area contributed by atoms with Crippen molar-refractivity contribution in [1.82, 2.24) is 5.32 Å². The van der Waals surface area contributed by atoms with E-state index in [-0.39, 0.29) is 5.54 Å². The topological polar surface area (TPSA) is 21.3 Å². The van der Waals surface area contributed by atoms with Crippen LogP contribution in [0.4, 0.5) is 0 Å². The monoisotopic (exact) mass is 269 g/mol. The fourth-order valence-corrected chi connectivity index (χ4v) is 2.60. The third-order valence-corrected chi connectivity index (χ3v) is 3.83. The summed E-state index contributed by atoms with van der Waals surface area (Å²) >= 11 is 3.52. The lowest BCUT2D eigenvalue weighted by molar-refractivity contribution is 0.208. The van der Waals surface area contributed by atoms with Gasteiger partial charge in [-0.2, -0.15) is 0 Å². The quantitative estimate of drug-likeness (QED) is 0.892. The number of benzene rings is 1. The number of hydrogen-bond donors (Lipinski definition) is 1. The zero-order valence-electron chi connectivity index (χ0n) is 9.30. The summed E-state index contributed by atoms with van der Waals surface area (Å²) < 4.78 is 6.25. The van der Waals surface area contributed by atoms with E-state index in [1.165, 1.54) is 5.56 Å². The van der Waals surface area contributed by atoms with Crippen LogP contribution < -0.4 is 10.1 Å². The molecule has 0 aliphatic carbocycles. The van der Waals surface area contributed by atoms with E-state index in [1.807, 2.05) is 6.07 Å². The number of methoxy groups -OCH3 is 1. The second kappa shape index (κ2) is 3.80. The van der Waals surface area contributed by atoms with E-state index in [9.17, 15) is 0 Å². The van der Waals surface area contributed by atoms with E-state index in [2.05, 4.69) is 47.2 Å². The molecule has 2 nitrogen and oxygen atoms in total. The van der Waals surface area contributed by atoms with E-state index in [1.54, 1.807) is 7.11 Å². The van der Waals surface area contributed by atoms with E-state index >= 15 is 0 Å². The van der Waals surface area contributed by atoms with Crippen LogP contribution >= 0.6 is 15.9 Å². The van der Waals surface area contributed by atoms with Gasteiger partial charge in [0.2, 0.25) is 0 Å². The molecule has 1 aromatic rings. The van der Waals surface area contributed by atoms with Gasteiger partial charge in [-0.1, -0.05) is 6.07 Å². The summed E-state index contributed by atoms with van der Waals surface area (Å²) in [6, 6.07) is 6.33. The third kappa shape index (κ3) is 1.91. The zero-order valence-corrected chi connectivity index (χ0v) is 10.9. The molecule has 1 aliphatic heterocycles. The predicted octanol–water partition coefficient (Wildman–Crippen LogP) is 2.92. The van der Waals surface area contributed by atoms with E-state index in [4.69, 9.17) is 4.74 Å². The molecule has 1 fully saturated rings. The Morgan fingerprint density at radius 3 is 2.60 bits per heavy atom. The smallest absolute Gasteiger partial charge is 0.133 e. The summed E-state index contributed by atoms with van der Waals surface area (Å²) in [5.41, 5.74) is 1.58. The molecule has 1 N–H and O–H groups in total. The molecule has 0 bridgehead atoms. The first-order chi connectivity index (χ1) is 7.04. The van der Waals surface area contributed by atoms with Gasteiger partial charge in [-0.15, -0.1) is 0 Å². The van der Waals surface area contributed by atoms with Crippen LogP contribution in [-0.2, 0) is 0 Å². The van der Waals surface area contributed by atoms with Crippen LogP contribution in [0.5, 0.6) is 5.75 Å². The standard InChI is InChI=1S/C12H16BrNO/c1-12(2)9(7-14-12)8-4-5-11(15-3)10(13)6-8/h4-6,9,14H,7H2,1-3H3. The van der Waals surface area contributed by atoms with Gasteiger partial charge in [-0.3, -0.25) is 0 Å². The Labute approximate surface area is 99.1 Å². The van der Waals surface area contributed by atoms with E-state index in [0.717, 1.165) is 16.8 Å². The summed E-state index contributed by atoms with van der Waals surface area (Å²) in [5, 5.41) is 3.43. The molecule has 0 radical (unpaired) electrons. The van der Waals surface area contributed by atoms with Crippen LogP contribution in [0, 0.1) is 0 Å². The molecule has 1 saturated heterocycles. The lowest BCUT2D eigenvalue weighted by Gasteiger charge is -2.46. The van der Waals surface area contributed by atoms with E-state index < -0.39 is 0 Å². The van der Waals surface area contributed by atoms with Gasteiger partial charge in [-0.25, -0.2) is 0 Å². The largest absolute Gasteiger partial charge is 0.496 e. The number of hydrogen-bond acceptors (Lipinski definition) is 2. The average molecular weight is 270 g/mol. The van der Waals surface area contributed by atoms with Crippen molar-refractivity contribution in [1.29, 1.82) is 0 Å². The minimum absolute atomic E-state index is 0.216. The molecule has 82 valence electrons. The molecule has 1 atom stereocenters.